The molecule has 0 amide bonds. The highest BCUT2D eigenvalue weighted by Crippen LogP contribution is 2.23. The van der Waals surface area contributed by atoms with Gasteiger partial charge in [0.25, 0.3) is 0 Å². The second kappa shape index (κ2) is 4.79. The van der Waals surface area contributed by atoms with Crippen molar-refractivity contribution in [3.63, 3.8) is 0 Å². The third-order valence-electron chi connectivity index (χ3n) is 1.67. The quantitative estimate of drug-likeness (QED) is 0.801. The van der Waals surface area contributed by atoms with Crippen LogP contribution in [-0.2, 0) is 4.79 Å². The van der Waals surface area contributed by atoms with Crippen LogP contribution in [0.25, 0.3) is 0 Å². The van der Waals surface area contributed by atoms with Crippen LogP contribution >= 0.6 is 11.6 Å². The highest BCUT2D eigenvalue weighted by Gasteiger charge is 2.10. The van der Waals surface area contributed by atoms with Crippen molar-refractivity contribution < 1.29 is 19.4 Å². The average molecular weight is 229 g/mol. The standard InChI is InChI=1S/C10H9ClO4/c1-6(12)8-3-2-7(11)4-9(8)15-5-10(13)14/h2-4H,5H2,1H3,(H,13,14). The van der Waals surface area contributed by atoms with Crippen molar-refractivity contribution in [2.75, 3.05) is 6.61 Å². The number of benzene rings is 1. The molecule has 0 fully saturated rings. The van der Waals surface area contributed by atoms with E-state index in [0.29, 0.717) is 10.6 Å². The molecule has 0 unspecified atom stereocenters. The van der Waals surface area contributed by atoms with E-state index in [1.165, 1.54) is 19.1 Å². The lowest BCUT2D eigenvalue weighted by molar-refractivity contribution is -0.139. The summed E-state index contributed by atoms with van der Waals surface area (Å²) in [6.45, 7) is 0.873. The number of carbonyl (C=O) groups excluding carboxylic acids is 1. The van der Waals surface area contributed by atoms with Crippen LogP contribution < -0.4 is 4.74 Å². The molecule has 0 aliphatic rings. The molecule has 80 valence electrons. The van der Waals surface area contributed by atoms with E-state index in [9.17, 15) is 9.59 Å². The van der Waals surface area contributed by atoms with Crippen molar-refractivity contribution in [2.45, 2.75) is 6.92 Å². The fourth-order valence-electron chi connectivity index (χ4n) is 1.05. The molecule has 1 aromatic carbocycles. The van der Waals surface area contributed by atoms with E-state index in [1.54, 1.807) is 6.07 Å². The number of carbonyl (C=O) groups is 2. The summed E-state index contributed by atoms with van der Waals surface area (Å²) in [6, 6.07) is 4.47. The number of ether oxygens (including phenoxy) is 1. The first-order valence-corrected chi connectivity index (χ1v) is 4.53. The monoisotopic (exact) mass is 228 g/mol. The molecular formula is C10H9ClO4. The molecule has 0 heterocycles. The second-order valence-corrected chi connectivity index (χ2v) is 3.32. The van der Waals surface area contributed by atoms with Gasteiger partial charge in [0, 0.05) is 5.02 Å². The summed E-state index contributed by atoms with van der Waals surface area (Å²) in [7, 11) is 0. The van der Waals surface area contributed by atoms with Crippen molar-refractivity contribution in [3.05, 3.63) is 28.8 Å². The number of carboxylic acids is 1. The predicted molar refractivity (Wildman–Crippen MR) is 54.6 cm³/mol. The Morgan fingerprint density at radius 3 is 2.67 bits per heavy atom. The highest BCUT2D eigenvalue weighted by molar-refractivity contribution is 6.30. The summed E-state index contributed by atoms with van der Waals surface area (Å²) in [5.41, 5.74) is 0.320. The molecule has 0 radical (unpaired) electrons. The Hall–Kier alpha value is -1.55. The predicted octanol–water partition coefficient (Wildman–Crippen LogP) is 2.01. The van der Waals surface area contributed by atoms with Gasteiger partial charge in [-0.25, -0.2) is 4.79 Å². The van der Waals surface area contributed by atoms with Gasteiger partial charge < -0.3 is 9.84 Å². The Bertz CT molecular complexity index is 400. The number of rotatable bonds is 4. The Morgan fingerprint density at radius 1 is 1.47 bits per heavy atom. The van der Waals surface area contributed by atoms with Crippen LogP contribution in [0.3, 0.4) is 0 Å². The molecule has 0 saturated heterocycles. The first-order chi connectivity index (χ1) is 7.00. The van der Waals surface area contributed by atoms with E-state index in [-0.39, 0.29) is 11.5 Å². The molecule has 0 spiro atoms. The molecule has 0 aliphatic carbocycles. The first-order valence-electron chi connectivity index (χ1n) is 4.16. The van der Waals surface area contributed by atoms with Crippen molar-refractivity contribution in [2.24, 2.45) is 0 Å². The molecule has 0 bridgehead atoms. The first kappa shape index (κ1) is 11.5. The zero-order chi connectivity index (χ0) is 11.4. The van der Waals surface area contributed by atoms with Crippen LogP contribution in [0.1, 0.15) is 17.3 Å². The SMILES string of the molecule is CC(=O)c1ccc(Cl)cc1OCC(=O)O. The molecule has 15 heavy (non-hydrogen) atoms. The molecular weight excluding hydrogens is 220 g/mol. The van der Waals surface area contributed by atoms with Gasteiger partial charge in [-0.3, -0.25) is 4.79 Å². The maximum atomic E-state index is 11.2. The van der Waals surface area contributed by atoms with E-state index in [4.69, 9.17) is 21.4 Å². The Labute approximate surface area is 91.4 Å². The molecule has 0 aromatic heterocycles. The van der Waals surface area contributed by atoms with Crippen LogP contribution in [-0.4, -0.2) is 23.5 Å². The van der Waals surface area contributed by atoms with Crippen LogP contribution in [0.5, 0.6) is 5.75 Å². The summed E-state index contributed by atoms with van der Waals surface area (Å²) >= 11 is 5.70. The summed E-state index contributed by atoms with van der Waals surface area (Å²) in [6.07, 6.45) is 0. The number of Topliss-reactive ketones (excluding diaryl/α,β-unsaturated/α-hetero) is 1. The van der Waals surface area contributed by atoms with Gasteiger partial charge in [0.15, 0.2) is 12.4 Å². The maximum absolute atomic E-state index is 11.2. The van der Waals surface area contributed by atoms with Crippen molar-refractivity contribution >= 4 is 23.4 Å². The lowest BCUT2D eigenvalue weighted by Gasteiger charge is -2.07. The van der Waals surface area contributed by atoms with Gasteiger partial charge in [-0.05, 0) is 25.1 Å². The van der Waals surface area contributed by atoms with E-state index in [0.717, 1.165) is 0 Å². The van der Waals surface area contributed by atoms with E-state index < -0.39 is 12.6 Å². The minimum atomic E-state index is -1.11. The van der Waals surface area contributed by atoms with Gasteiger partial charge in [0.1, 0.15) is 5.75 Å². The Kier molecular flexibility index (Phi) is 3.68. The molecule has 5 heteroatoms. The van der Waals surface area contributed by atoms with E-state index >= 15 is 0 Å². The molecule has 0 saturated carbocycles. The Morgan fingerprint density at radius 2 is 2.13 bits per heavy atom. The highest BCUT2D eigenvalue weighted by atomic mass is 35.5. The minimum absolute atomic E-state index is 0.192. The van der Waals surface area contributed by atoms with Gasteiger partial charge in [-0.2, -0.15) is 0 Å². The molecule has 0 aliphatic heterocycles. The van der Waals surface area contributed by atoms with Crippen LogP contribution in [0.15, 0.2) is 18.2 Å². The second-order valence-electron chi connectivity index (χ2n) is 2.88. The van der Waals surface area contributed by atoms with E-state index in [1.807, 2.05) is 0 Å². The number of aliphatic carboxylic acids is 1. The zero-order valence-corrected chi connectivity index (χ0v) is 8.75. The van der Waals surface area contributed by atoms with Gasteiger partial charge in [-0.1, -0.05) is 11.6 Å². The molecule has 1 N–H and O–H groups in total. The van der Waals surface area contributed by atoms with Gasteiger partial charge in [-0.15, -0.1) is 0 Å². The minimum Gasteiger partial charge on any atom is -0.481 e. The topological polar surface area (TPSA) is 63.6 Å². The number of hydrogen-bond donors (Lipinski definition) is 1. The normalized spacial score (nSPS) is 9.73. The number of halogens is 1. The van der Waals surface area contributed by atoms with Crippen molar-refractivity contribution in [1.29, 1.82) is 0 Å². The molecule has 0 atom stereocenters. The summed E-state index contributed by atoms with van der Waals surface area (Å²) < 4.78 is 4.94. The average Bonchev–Trinajstić information content (AvgIpc) is 2.14. The van der Waals surface area contributed by atoms with Crippen LogP contribution in [0, 0.1) is 0 Å². The largest absolute Gasteiger partial charge is 0.481 e. The third kappa shape index (κ3) is 3.25. The molecule has 1 rings (SSSR count). The number of ketones is 1. The van der Waals surface area contributed by atoms with Gasteiger partial charge in [0.2, 0.25) is 0 Å². The van der Waals surface area contributed by atoms with Crippen molar-refractivity contribution in [3.8, 4) is 5.75 Å². The van der Waals surface area contributed by atoms with Gasteiger partial charge in [0.05, 0.1) is 5.56 Å². The number of hydrogen-bond acceptors (Lipinski definition) is 3. The summed E-state index contributed by atoms with van der Waals surface area (Å²) in [5, 5.41) is 8.82. The summed E-state index contributed by atoms with van der Waals surface area (Å²) in [5.74, 6) is -1.12. The smallest absolute Gasteiger partial charge is 0.341 e. The molecule has 1 aromatic rings. The fourth-order valence-corrected chi connectivity index (χ4v) is 1.21. The zero-order valence-electron chi connectivity index (χ0n) is 7.99. The van der Waals surface area contributed by atoms with Crippen LogP contribution in [0.2, 0.25) is 5.02 Å². The summed E-state index contributed by atoms with van der Waals surface area (Å²) in [4.78, 5) is 21.4. The lowest BCUT2D eigenvalue weighted by Crippen LogP contribution is -2.11. The fraction of sp³-hybridized carbons (Fsp3) is 0.200. The van der Waals surface area contributed by atoms with Crippen LogP contribution in [0.4, 0.5) is 0 Å². The third-order valence-corrected chi connectivity index (χ3v) is 1.91. The maximum Gasteiger partial charge on any atom is 0.341 e. The van der Waals surface area contributed by atoms with Gasteiger partial charge >= 0.3 is 5.97 Å². The van der Waals surface area contributed by atoms with E-state index in [2.05, 4.69) is 0 Å². The van der Waals surface area contributed by atoms with Crippen molar-refractivity contribution in [1.82, 2.24) is 0 Å². The lowest BCUT2D eigenvalue weighted by atomic mass is 10.1. The number of carboxylic acid groups (broad SMARTS) is 1. The molecule has 4 nitrogen and oxygen atoms in total. The Balaban J connectivity index is 2.96.